The number of esters is 1. The number of hydrogen-bond donors (Lipinski definition) is 1. The van der Waals surface area contributed by atoms with Crippen LogP contribution in [0.4, 0.5) is 0 Å². The second kappa shape index (κ2) is 15.8. The first kappa shape index (κ1) is 23.3. The van der Waals surface area contributed by atoms with Gasteiger partial charge in [0.2, 0.25) is 0 Å². The first-order chi connectivity index (χ1) is 11.5. The number of rotatable bonds is 17. The van der Waals surface area contributed by atoms with E-state index >= 15 is 0 Å². The van der Waals surface area contributed by atoms with Gasteiger partial charge in [-0.2, -0.15) is 8.42 Å². The number of ether oxygens (including phenoxy) is 2. The number of carbonyl (C=O) groups excluding carboxylic acids is 1. The molecule has 0 aliphatic rings. The summed E-state index contributed by atoms with van der Waals surface area (Å²) in [7, 11) is -4.12. The lowest BCUT2D eigenvalue weighted by Crippen LogP contribution is -2.14. The Bertz CT molecular complexity index is 394. The monoisotopic (exact) mass is 366 g/mol. The molecule has 0 aliphatic carbocycles. The molecule has 0 aliphatic heterocycles. The van der Waals surface area contributed by atoms with E-state index in [1.165, 1.54) is 51.4 Å². The molecule has 0 saturated carbocycles. The van der Waals surface area contributed by atoms with E-state index in [2.05, 4.69) is 11.7 Å². The SMILES string of the molecule is CCCCCCCCCCCCCC(=O)OCCOCS(=O)(=O)O. The molecule has 0 spiro atoms. The summed E-state index contributed by atoms with van der Waals surface area (Å²) in [6.45, 7) is 2.20. The Morgan fingerprint density at radius 2 is 1.33 bits per heavy atom. The first-order valence-corrected chi connectivity index (χ1v) is 10.7. The van der Waals surface area contributed by atoms with Crippen molar-refractivity contribution in [3.8, 4) is 0 Å². The Hall–Kier alpha value is -0.660. The Labute approximate surface area is 147 Å². The van der Waals surface area contributed by atoms with Crippen LogP contribution in [0.15, 0.2) is 0 Å². The van der Waals surface area contributed by atoms with E-state index in [1.807, 2.05) is 0 Å². The molecule has 0 aromatic rings. The van der Waals surface area contributed by atoms with Crippen LogP contribution < -0.4 is 0 Å². The molecule has 0 unspecified atom stereocenters. The molecule has 0 radical (unpaired) electrons. The van der Waals surface area contributed by atoms with Crippen molar-refractivity contribution in [3.05, 3.63) is 0 Å². The molecule has 6 nitrogen and oxygen atoms in total. The van der Waals surface area contributed by atoms with Crippen molar-refractivity contribution >= 4 is 16.1 Å². The van der Waals surface area contributed by atoms with Gasteiger partial charge in [0.25, 0.3) is 10.1 Å². The van der Waals surface area contributed by atoms with Gasteiger partial charge < -0.3 is 9.47 Å². The van der Waals surface area contributed by atoms with Gasteiger partial charge in [0.15, 0.2) is 5.94 Å². The van der Waals surface area contributed by atoms with E-state index < -0.39 is 16.1 Å². The van der Waals surface area contributed by atoms with Gasteiger partial charge in [-0.3, -0.25) is 9.35 Å². The van der Waals surface area contributed by atoms with Crippen LogP contribution >= 0.6 is 0 Å². The fraction of sp³-hybridized carbons (Fsp3) is 0.941. The minimum atomic E-state index is -4.12. The average Bonchev–Trinajstić information content (AvgIpc) is 2.51. The first-order valence-electron chi connectivity index (χ1n) is 9.14. The summed E-state index contributed by atoms with van der Waals surface area (Å²) in [5.74, 6) is -1.07. The molecule has 7 heteroatoms. The van der Waals surface area contributed by atoms with Crippen LogP contribution in [-0.4, -0.2) is 38.1 Å². The van der Waals surface area contributed by atoms with Gasteiger partial charge in [-0.1, -0.05) is 71.1 Å². The maximum atomic E-state index is 11.4. The second-order valence-corrected chi connectivity index (χ2v) is 7.51. The highest BCUT2D eigenvalue weighted by atomic mass is 32.2. The summed E-state index contributed by atoms with van der Waals surface area (Å²) < 4.78 is 38.7. The zero-order chi connectivity index (χ0) is 18.1. The maximum absolute atomic E-state index is 11.4. The van der Waals surface area contributed by atoms with Gasteiger partial charge in [-0.15, -0.1) is 0 Å². The lowest BCUT2D eigenvalue weighted by molar-refractivity contribution is -0.145. The van der Waals surface area contributed by atoms with Crippen LogP contribution in [0, 0.1) is 0 Å². The summed E-state index contributed by atoms with van der Waals surface area (Å²) in [6, 6.07) is 0. The van der Waals surface area contributed by atoms with Crippen molar-refractivity contribution in [1.29, 1.82) is 0 Å². The Morgan fingerprint density at radius 3 is 1.83 bits per heavy atom. The van der Waals surface area contributed by atoms with E-state index in [-0.39, 0.29) is 19.2 Å². The summed E-state index contributed by atoms with van der Waals surface area (Å²) in [4.78, 5) is 11.4. The maximum Gasteiger partial charge on any atom is 0.305 e. The molecule has 0 atom stereocenters. The van der Waals surface area contributed by atoms with Crippen LogP contribution in [-0.2, 0) is 24.4 Å². The molecule has 0 aromatic heterocycles. The van der Waals surface area contributed by atoms with Gasteiger partial charge in [0, 0.05) is 6.42 Å². The number of carbonyl (C=O) groups is 1. The fourth-order valence-corrected chi connectivity index (χ4v) is 2.71. The molecule has 0 saturated heterocycles. The van der Waals surface area contributed by atoms with E-state index in [1.54, 1.807) is 0 Å². The predicted molar refractivity (Wildman–Crippen MR) is 94.4 cm³/mol. The van der Waals surface area contributed by atoms with Crippen molar-refractivity contribution in [2.75, 3.05) is 19.2 Å². The molecule has 0 heterocycles. The van der Waals surface area contributed by atoms with Gasteiger partial charge in [-0.25, -0.2) is 0 Å². The van der Waals surface area contributed by atoms with Gasteiger partial charge in [0.05, 0.1) is 6.61 Å². The molecular formula is C17H34O6S. The Morgan fingerprint density at radius 1 is 0.833 bits per heavy atom. The van der Waals surface area contributed by atoms with Gasteiger partial charge in [0.1, 0.15) is 6.61 Å². The molecule has 144 valence electrons. The Balaban J connectivity index is 3.23. The van der Waals surface area contributed by atoms with Crippen molar-refractivity contribution in [2.45, 2.75) is 84.0 Å². The smallest absolute Gasteiger partial charge is 0.305 e. The van der Waals surface area contributed by atoms with E-state index in [4.69, 9.17) is 9.29 Å². The molecule has 0 bridgehead atoms. The zero-order valence-electron chi connectivity index (χ0n) is 15.0. The average molecular weight is 367 g/mol. The van der Waals surface area contributed by atoms with Crippen LogP contribution in [0.5, 0.6) is 0 Å². The zero-order valence-corrected chi connectivity index (χ0v) is 15.8. The molecule has 0 fully saturated rings. The summed E-state index contributed by atoms with van der Waals surface area (Å²) >= 11 is 0. The number of unbranched alkanes of at least 4 members (excludes halogenated alkanes) is 10. The summed E-state index contributed by atoms with van der Waals surface area (Å²) in [5.41, 5.74) is 0. The van der Waals surface area contributed by atoms with E-state index in [0.29, 0.717) is 6.42 Å². The van der Waals surface area contributed by atoms with Crippen LogP contribution in [0.25, 0.3) is 0 Å². The van der Waals surface area contributed by atoms with Crippen molar-refractivity contribution in [3.63, 3.8) is 0 Å². The third kappa shape index (κ3) is 19.4. The summed E-state index contributed by atoms with van der Waals surface area (Å²) in [5, 5.41) is 0. The molecule has 0 amide bonds. The van der Waals surface area contributed by atoms with Crippen molar-refractivity contribution in [1.82, 2.24) is 0 Å². The highest BCUT2D eigenvalue weighted by Crippen LogP contribution is 2.12. The van der Waals surface area contributed by atoms with E-state index in [9.17, 15) is 13.2 Å². The summed E-state index contributed by atoms with van der Waals surface area (Å²) in [6.07, 6.45) is 13.9. The van der Waals surface area contributed by atoms with Crippen molar-refractivity contribution < 1.29 is 27.2 Å². The van der Waals surface area contributed by atoms with Crippen LogP contribution in [0.3, 0.4) is 0 Å². The standard InChI is InChI=1S/C17H34O6S/c1-2-3-4-5-6-7-8-9-10-11-12-13-17(18)23-15-14-22-16-24(19,20)21/h2-16H2,1H3,(H,19,20,21). The third-order valence-corrected chi connectivity index (χ3v) is 4.17. The molecule has 0 aromatic carbocycles. The predicted octanol–water partition coefficient (Wildman–Crippen LogP) is 4.09. The van der Waals surface area contributed by atoms with Crippen molar-refractivity contribution in [2.24, 2.45) is 0 Å². The second-order valence-electron chi connectivity index (χ2n) is 6.11. The van der Waals surface area contributed by atoms with Gasteiger partial charge in [-0.05, 0) is 6.42 Å². The quantitative estimate of drug-likeness (QED) is 0.237. The fourth-order valence-electron chi connectivity index (χ4n) is 2.38. The lowest BCUT2D eigenvalue weighted by atomic mass is 10.1. The molecule has 24 heavy (non-hydrogen) atoms. The minimum absolute atomic E-state index is 0.00633. The van der Waals surface area contributed by atoms with E-state index in [0.717, 1.165) is 19.3 Å². The Kier molecular flexibility index (Phi) is 15.4. The topological polar surface area (TPSA) is 89.9 Å². The molecular weight excluding hydrogens is 332 g/mol. The normalized spacial score (nSPS) is 11.6. The third-order valence-electron chi connectivity index (χ3n) is 3.71. The molecule has 1 N–H and O–H groups in total. The minimum Gasteiger partial charge on any atom is -0.463 e. The highest BCUT2D eigenvalue weighted by molar-refractivity contribution is 7.85. The van der Waals surface area contributed by atoms with Crippen LogP contribution in [0.2, 0.25) is 0 Å². The highest BCUT2D eigenvalue weighted by Gasteiger charge is 2.05. The largest absolute Gasteiger partial charge is 0.463 e. The molecule has 0 rings (SSSR count). The van der Waals surface area contributed by atoms with Crippen LogP contribution in [0.1, 0.15) is 84.0 Å². The number of hydrogen-bond acceptors (Lipinski definition) is 5. The van der Waals surface area contributed by atoms with Gasteiger partial charge >= 0.3 is 5.97 Å². The lowest BCUT2D eigenvalue weighted by Gasteiger charge is -2.05.